The number of unbranched alkanes of at least 4 members (excludes halogenated alkanes) is 28. The molecule has 3 N–H and O–H groups in total. The van der Waals surface area contributed by atoms with Crippen LogP contribution < -0.4 is 5.32 Å². The molecule has 3 atom stereocenters. The molecule has 8 nitrogen and oxygen atoms in total. The molecule has 0 saturated carbocycles. The van der Waals surface area contributed by atoms with Crippen molar-refractivity contribution in [3.63, 3.8) is 0 Å². The van der Waals surface area contributed by atoms with Crippen LogP contribution in [0.1, 0.15) is 232 Å². The van der Waals surface area contributed by atoms with Crippen molar-refractivity contribution in [3.05, 3.63) is 48.6 Å². The number of aliphatic hydroxyl groups is 1. The maximum Gasteiger partial charge on any atom is 0.472 e. The maximum atomic E-state index is 12.9. The molecule has 0 aromatic carbocycles. The first-order valence-electron chi connectivity index (χ1n) is 26.0. The van der Waals surface area contributed by atoms with Gasteiger partial charge < -0.3 is 19.8 Å². The van der Waals surface area contributed by atoms with Crippen LogP contribution in [0.4, 0.5) is 0 Å². The Morgan fingerprint density at radius 1 is 0.565 bits per heavy atom. The first-order chi connectivity index (χ1) is 30.0. The highest BCUT2D eigenvalue weighted by molar-refractivity contribution is 7.47. The van der Waals surface area contributed by atoms with E-state index in [2.05, 4.69) is 55.6 Å². The molecule has 3 unspecified atom stereocenters. The molecule has 0 rings (SSSR count). The first-order valence-corrected chi connectivity index (χ1v) is 27.5. The second-order valence-corrected chi connectivity index (χ2v) is 20.3. The van der Waals surface area contributed by atoms with Gasteiger partial charge in [-0.1, -0.05) is 223 Å². The van der Waals surface area contributed by atoms with Crippen LogP contribution in [0.5, 0.6) is 0 Å². The van der Waals surface area contributed by atoms with Crippen molar-refractivity contribution >= 4 is 13.7 Å². The third-order valence-electron chi connectivity index (χ3n) is 11.6. The minimum Gasteiger partial charge on any atom is -0.387 e. The van der Waals surface area contributed by atoms with Crippen LogP contribution in [0, 0.1) is 0 Å². The van der Waals surface area contributed by atoms with Gasteiger partial charge in [-0.15, -0.1) is 0 Å². The molecule has 0 aliphatic rings. The van der Waals surface area contributed by atoms with E-state index in [-0.39, 0.29) is 19.1 Å². The molecule has 1 amide bonds. The number of amides is 1. The number of hydrogen-bond acceptors (Lipinski definition) is 5. The van der Waals surface area contributed by atoms with Crippen molar-refractivity contribution in [1.82, 2.24) is 5.32 Å². The molecular weight excluding hydrogens is 792 g/mol. The monoisotopic (exact) mass is 894 g/mol. The van der Waals surface area contributed by atoms with Crippen molar-refractivity contribution < 1.29 is 32.9 Å². The summed E-state index contributed by atoms with van der Waals surface area (Å²) >= 11 is 0. The van der Waals surface area contributed by atoms with Crippen LogP contribution in [0.15, 0.2) is 48.6 Å². The summed E-state index contributed by atoms with van der Waals surface area (Å²) < 4.78 is 23.6. The quantitative estimate of drug-likeness (QED) is 0.0243. The van der Waals surface area contributed by atoms with Gasteiger partial charge in [0.2, 0.25) is 5.91 Å². The number of nitrogens with zero attached hydrogens (tertiary/aromatic N) is 1. The number of allylic oxidation sites excluding steroid dienone is 7. The number of quaternary nitrogens is 1. The van der Waals surface area contributed by atoms with Crippen LogP contribution in [0.3, 0.4) is 0 Å². The molecule has 0 saturated heterocycles. The van der Waals surface area contributed by atoms with E-state index < -0.39 is 20.0 Å². The van der Waals surface area contributed by atoms with Gasteiger partial charge >= 0.3 is 7.82 Å². The number of nitrogens with one attached hydrogen (secondary N) is 1. The summed E-state index contributed by atoms with van der Waals surface area (Å²) in [6.45, 7) is 4.71. The molecule has 0 aromatic rings. The molecule has 0 radical (unpaired) electrons. The average molecular weight is 894 g/mol. The van der Waals surface area contributed by atoms with E-state index in [1.54, 1.807) is 6.08 Å². The van der Waals surface area contributed by atoms with Crippen LogP contribution in [0.25, 0.3) is 0 Å². The Hall–Kier alpha value is -1.54. The molecule has 9 heteroatoms. The first kappa shape index (κ1) is 60.5. The number of likely N-dealkylation sites (N-methyl/N-ethyl adjacent to an activating group) is 1. The molecule has 0 fully saturated rings. The molecule has 0 aliphatic carbocycles. The topological polar surface area (TPSA) is 105 Å². The predicted octanol–water partition coefficient (Wildman–Crippen LogP) is 15.2. The molecule has 0 bridgehead atoms. The highest BCUT2D eigenvalue weighted by atomic mass is 31.2. The van der Waals surface area contributed by atoms with Crippen LogP contribution in [-0.4, -0.2) is 73.4 Å². The standard InChI is InChI=1S/C53H101N2O6P/c1-6-8-10-12-14-16-18-20-22-24-25-26-27-28-29-31-32-34-36-38-40-42-44-46-52(56)51(50-61-62(58,59)60-49-48-55(3,4)5)54-53(57)47-45-43-41-39-37-35-33-30-23-21-19-17-15-13-11-9-7-2/h9,11,15,17,21,23,44,46,51-52,56H,6-8,10,12-14,16,18-20,22,24-43,45,47-50H2,1-5H3,(H-,54,57,58,59)/p+1/b11-9-,17-15-,23-21-,46-44+. The van der Waals surface area contributed by atoms with Crippen molar-refractivity contribution in [2.24, 2.45) is 0 Å². The minimum atomic E-state index is -4.35. The highest BCUT2D eigenvalue weighted by Gasteiger charge is 2.27. The zero-order chi connectivity index (χ0) is 45.7. The van der Waals surface area contributed by atoms with Gasteiger partial charge in [-0.05, 0) is 51.4 Å². The lowest BCUT2D eigenvalue weighted by atomic mass is 10.0. The smallest absolute Gasteiger partial charge is 0.387 e. The number of carbonyl (C=O) groups excluding carboxylic acids is 1. The van der Waals surface area contributed by atoms with E-state index in [4.69, 9.17) is 9.05 Å². The second-order valence-electron chi connectivity index (χ2n) is 18.9. The lowest BCUT2D eigenvalue weighted by Crippen LogP contribution is -2.45. The van der Waals surface area contributed by atoms with Crippen molar-refractivity contribution in [3.8, 4) is 0 Å². The molecule has 0 heterocycles. The van der Waals surface area contributed by atoms with Gasteiger partial charge in [-0.2, -0.15) is 0 Å². The highest BCUT2D eigenvalue weighted by Crippen LogP contribution is 2.43. The van der Waals surface area contributed by atoms with Gasteiger partial charge in [-0.3, -0.25) is 13.8 Å². The zero-order valence-electron chi connectivity index (χ0n) is 41.4. The van der Waals surface area contributed by atoms with E-state index >= 15 is 0 Å². The average Bonchev–Trinajstić information content (AvgIpc) is 3.23. The summed E-state index contributed by atoms with van der Waals surface area (Å²) in [5.74, 6) is -0.187. The third-order valence-corrected chi connectivity index (χ3v) is 12.5. The molecule has 0 spiro atoms. The van der Waals surface area contributed by atoms with Gasteiger partial charge in [0.05, 0.1) is 39.9 Å². The van der Waals surface area contributed by atoms with Crippen molar-refractivity contribution in [2.75, 3.05) is 40.9 Å². The second kappa shape index (κ2) is 44.7. The number of aliphatic hydroxyl groups excluding tert-OH is 1. The molecule has 364 valence electrons. The van der Waals surface area contributed by atoms with E-state index in [9.17, 15) is 19.4 Å². The number of hydrogen-bond donors (Lipinski definition) is 3. The Bertz CT molecular complexity index is 1150. The van der Waals surface area contributed by atoms with E-state index in [0.29, 0.717) is 17.4 Å². The van der Waals surface area contributed by atoms with Gasteiger partial charge in [0, 0.05) is 6.42 Å². The number of phosphoric ester groups is 1. The van der Waals surface area contributed by atoms with E-state index in [1.807, 2.05) is 27.2 Å². The number of phosphoric acid groups is 1. The van der Waals surface area contributed by atoms with Crippen LogP contribution in [-0.2, 0) is 18.4 Å². The lowest BCUT2D eigenvalue weighted by molar-refractivity contribution is -0.870. The van der Waals surface area contributed by atoms with Crippen LogP contribution >= 0.6 is 7.82 Å². The summed E-state index contributed by atoms with van der Waals surface area (Å²) in [6.07, 6.45) is 57.6. The summed E-state index contributed by atoms with van der Waals surface area (Å²) in [5.41, 5.74) is 0. The third kappa shape index (κ3) is 46.5. The fourth-order valence-electron chi connectivity index (χ4n) is 7.47. The Labute approximate surface area is 384 Å². The largest absolute Gasteiger partial charge is 0.472 e. The van der Waals surface area contributed by atoms with Gasteiger partial charge in [-0.25, -0.2) is 4.57 Å². The van der Waals surface area contributed by atoms with Gasteiger partial charge in [0.15, 0.2) is 0 Å². The zero-order valence-corrected chi connectivity index (χ0v) is 42.3. The minimum absolute atomic E-state index is 0.0583. The van der Waals surface area contributed by atoms with Gasteiger partial charge in [0.25, 0.3) is 0 Å². The summed E-state index contributed by atoms with van der Waals surface area (Å²) in [7, 11) is 1.56. The molecular formula is C53H102N2O6P+. The fourth-order valence-corrected chi connectivity index (χ4v) is 8.20. The van der Waals surface area contributed by atoms with E-state index in [1.165, 1.54) is 148 Å². The normalized spacial score (nSPS) is 14.5. The summed E-state index contributed by atoms with van der Waals surface area (Å²) in [6, 6.07) is -0.853. The Kier molecular flexibility index (Phi) is 43.5. The summed E-state index contributed by atoms with van der Waals surface area (Å²) in [5, 5.41) is 13.9. The maximum absolute atomic E-state index is 12.9. The Morgan fingerprint density at radius 3 is 1.42 bits per heavy atom. The van der Waals surface area contributed by atoms with Crippen molar-refractivity contribution in [2.45, 2.75) is 244 Å². The summed E-state index contributed by atoms with van der Waals surface area (Å²) in [4.78, 5) is 23.2. The van der Waals surface area contributed by atoms with E-state index in [0.717, 1.165) is 64.2 Å². The van der Waals surface area contributed by atoms with Crippen molar-refractivity contribution in [1.29, 1.82) is 0 Å². The fraction of sp³-hybridized carbons (Fsp3) is 0.830. The Balaban J connectivity index is 4.29. The SMILES string of the molecule is CC/C=C\C/C=C\C/C=C\CCCCCCCCCC(=O)NC(COP(=O)(O)OCC[N+](C)(C)C)C(O)/C=C/CCCCCCCCCCCCCCCCCCCCCCC. The van der Waals surface area contributed by atoms with Gasteiger partial charge in [0.1, 0.15) is 13.2 Å². The van der Waals surface area contributed by atoms with Crippen LogP contribution in [0.2, 0.25) is 0 Å². The molecule has 0 aromatic heterocycles. The lowest BCUT2D eigenvalue weighted by Gasteiger charge is -2.25. The predicted molar refractivity (Wildman–Crippen MR) is 267 cm³/mol. The number of carbonyl (C=O) groups is 1. The Morgan fingerprint density at radius 2 is 0.968 bits per heavy atom. The molecule has 62 heavy (non-hydrogen) atoms. The number of rotatable bonds is 47. The molecule has 0 aliphatic heterocycles.